The third-order valence-corrected chi connectivity index (χ3v) is 7.60. The topological polar surface area (TPSA) is 107 Å². The first-order valence-corrected chi connectivity index (χ1v) is 12.1. The van der Waals surface area contributed by atoms with Gasteiger partial charge in [0.15, 0.2) is 5.69 Å². The number of hydrogen-bond acceptors (Lipinski definition) is 7. The van der Waals surface area contributed by atoms with Crippen molar-refractivity contribution in [2.75, 3.05) is 25.1 Å². The lowest BCUT2D eigenvalue weighted by molar-refractivity contribution is 0.0588. The highest BCUT2D eigenvalue weighted by molar-refractivity contribution is 6.04. The SMILES string of the molecule is COC(=O)c1nn(Cc2ccc(N3CC4CC4C3)nc2C)cc1C(=O)N[C@@H]1CCc2c1ncn2C. The summed E-state index contributed by atoms with van der Waals surface area (Å²) in [5.41, 5.74) is 4.10. The van der Waals surface area contributed by atoms with Crippen molar-refractivity contribution in [3.05, 3.63) is 58.6 Å². The molecular weight excluding hydrogens is 446 g/mol. The molecule has 10 nitrogen and oxygen atoms in total. The fraction of sp³-hybridized carbons (Fsp3) is 0.480. The van der Waals surface area contributed by atoms with Crippen LogP contribution in [0, 0.1) is 18.8 Å². The lowest BCUT2D eigenvalue weighted by Gasteiger charge is -2.20. The maximum atomic E-state index is 13.2. The Morgan fingerprint density at radius 2 is 2.03 bits per heavy atom. The number of pyridine rings is 1. The number of amides is 1. The van der Waals surface area contributed by atoms with Crippen LogP contribution in [-0.4, -0.2) is 56.4 Å². The number of esters is 1. The number of nitrogens with one attached hydrogen (secondary N) is 1. The molecule has 0 aromatic carbocycles. The van der Waals surface area contributed by atoms with Crippen molar-refractivity contribution in [1.82, 2.24) is 29.6 Å². The Morgan fingerprint density at radius 1 is 1.23 bits per heavy atom. The Kier molecular flexibility index (Phi) is 5.12. The minimum atomic E-state index is -0.642. The molecule has 4 heterocycles. The van der Waals surface area contributed by atoms with Gasteiger partial charge in [-0.25, -0.2) is 14.8 Å². The molecule has 1 saturated heterocycles. The third kappa shape index (κ3) is 3.86. The molecule has 0 radical (unpaired) electrons. The number of methoxy groups -OCH3 is 1. The Labute approximate surface area is 203 Å². The minimum Gasteiger partial charge on any atom is -0.464 e. The molecule has 35 heavy (non-hydrogen) atoms. The van der Waals surface area contributed by atoms with Gasteiger partial charge in [0, 0.05) is 37.7 Å². The van der Waals surface area contributed by atoms with E-state index in [0.717, 1.165) is 66.2 Å². The second kappa shape index (κ2) is 8.21. The maximum absolute atomic E-state index is 13.2. The van der Waals surface area contributed by atoms with E-state index < -0.39 is 5.97 Å². The molecule has 1 aliphatic heterocycles. The molecule has 1 saturated carbocycles. The molecule has 2 fully saturated rings. The first kappa shape index (κ1) is 21.8. The fourth-order valence-electron chi connectivity index (χ4n) is 5.46. The fourth-order valence-corrected chi connectivity index (χ4v) is 5.46. The molecule has 182 valence electrons. The van der Waals surface area contributed by atoms with Crippen molar-refractivity contribution in [1.29, 1.82) is 0 Å². The van der Waals surface area contributed by atoms with Gasteiger partial charge in [-0.05, 0) is 49.7 Å². The van der Waals surface area contributed by atoms with Crippen LogP contribution in [0.1, 0.15) is 62.4 Å². The van der Waals surface area contributed by atoms with E-state index in [9.17, 15) is 9.59 Å². The van der Waals surface area contributed by atoms with Gasteiger partial charge in [0.1, 0.15) is 5.82 Å². The number of ether oxygens (including phenoxy) is 1. The smallest absolute Gasteiger partial charge is 0.359 e. The maximum Gasteiger partial charge on any atom is 0.359 e. The van der Waals surface area contributed by atoms with Gasteiger partial charge >= 0.3 is 5.97 Å². The molecule has 1 N–H and O–H groups in total. The summed E-state index contributed by atoms with van der Waals surface area (Å²) in [5.74, 6) is 1.69. The number of carbonyl (C=O) groups excluding carboxylic acids is 2. The Bertz CT molecular complexity index is 1320. The summed E-state index contributed by atoms with van der Waals surface area (Å²) in [7, 11) is 3.24. The second-order valence-corrected chi connectivity index (χ2v) is 9.91. The van der Waals surface area contributed by atoms with Gasteiger partial charge in [-0.2, -0.15) is 5.10 Å². The predicted molar refractivity (Wildman–Crippen MR) is 127 cm³/mol. The van der Waals surface area contributed by atoms with Crippen LogP contribution in [0.3, 0.4) is 0 Å². The van der Waals surface area contributed by atoms with E-state index in [1.807, 2.05) is 18.5 Å². The number of fused-ring (bicyclic) bond motifs is 2. The van der Waals surface area contributed by atoms with Gasteiger partial charge in [-0.3, -0.25) is 9.48 Å². The highest BCUT2D eigenvalue weighted by Crippen LogP contribution is 2.46. The quantitative estimate of drug-likeness (QED) is 0.544. The molecule has 2 aliphatic carbocycles. The largest absolute Gasteiger partial charge is 0.464 e. The molecule has 2 unspecified atom stereocenters. The average molecular weight is 476 g/mol. The van der Waals surface area contributed by atoms with Crippen molar-refractivity contribution in [2.45, 2.75) is 38.8 Å². The van der Waals surface area contributed by atoms with E-state index in [2.05, 4.69) is 32.4 Å². The van der Waals surface area contributed by atoms with E-state index in [1.165, 1.54) is 13.5 Å². The van der Waals surface area contributed by atoms with E-state index >= 15 is 0 Å². The monoisotopic (exact) mass is 475 g/mol. The van der Waals surface area contributed by atoms with Gasteiger partial charge in [0.05, 0.1) is 37.3 Å². The van der Waals surface area contributed by atoms with Crippen LogP contribution in [0.4, 0.5) is 5.82 Å². The number of aryl methyl sites for hydroxylation is 2. The molecule has 1 amide bonds. The zero-order valence-corrected chi connectivity index (χ0v) is 20.2. The highest BCUT2D eigenvalue weighted by atomic mass is 16.5. The summed E-state index contributed by atoms with van der Waals surface area (Å²) in [5, 5.41) is 7.43. The van der Waals surface area contributed by atoms with E-state index in [0.29, 0.717) is 6.54 Å². The van der Waals surface area contributed by atoms with Crippen molar-refractivity contribution < 1.29 is 14.3 Å². The molecular formula is C25H29N7O3. The number of anilines is 1. The summed E-state index contributed by atoms with van der Waals surface area (Å²) in [6.45, 7) is 4.57. The second-order valence-electron chi connectivity index (χ2n) is 9.91. The molecule has 3 aliphatic rings. The summed E-state index contributed by atoms with van der Waals surface area (Å²) >= 11 is 0. The van der Waals surface area contributed by atoms with Crippen molar-refractivity contribution in [3.8, 4) is 0 Å². The molecule has 0 spiro atoms. The number of imidazole rings is 1. The predicted octanol–water partition coefficient (Wildman–Crippen LogP) is 2.03. The summed E-state index contributed by atoms with van der Waals surface area (Å²) < 4.78 is 8.49. The Balaban J connectivity index is 1.21. The highest BCUT2D eigenvalue weighted by Gasteiger charge is 2.45. The Morgan fingerprint density at radius 3 is 2.77 bits per heavy atom. The van der Waals surface area contributed by atoms with Crippen LogP contribution in [0.2, 0.25) is 0 Å². The normalized spacial score (nSPS) is 22.1. The molecule has 3 aromatic heterocycles. The number of nitrogens with zero attached hydrogens (tertiary/aromatic N) is 6. The standard InChI is InChI=1S/C25H29N7O3/c1-14-15(4-7-21(27-14)31-9-16-8-17(16)10-31)11-32-12-18(22(29-32)25(34)35-3)24(33)28-19-5-6-20-23(19)26-13-30(20)2/h4,7,12-13,16-17,19H,5-6,8-11H2,1-3H3,(H,28,33)/t16?,17?,19-/m1/s1. The van der Waals surface area contributed by atoms with E-state index in [-0.39, 0.29) is 23.2 Å². The van der Waals surface area contributed by atoms with Crippen LogP contribution in [0.25, 0.3) is 0 Å². The van der Waals surface area contributed by atoms with Crippen LogP contribution in [-0.2, 0) is 24.8 Å². The average Bonchev–Trinajstić information content (AvgIpc) is 3.28. The zero-order chi connectivity index (χ0) is 24.3. The lowest BCUT2D eigenvalue weighted by atomic mass is 10.2. The van der Waals surface area contributed by atoms with Crippen LogP contribution < -0.4 is 10.2 Å². The van der Waals surface area contributed by atoms with Crippen LogP contribution in [0.15, 0.2) is 24.7 Å². The van der Waals surface area contributed by atoms with Crippen molar-refractivity contribution in [2.24, 2.45) is 18.9 Å². The number of piperidine rings is 1. The summed E-state index contributed by atoms with van der Waals surface area (Å²) in [6, 6.07) is 3.92. The Hall–Kier alpha value is -3.69. The summed E-state index contributed by atoms with van der Waals surface area (Å²) in [4.78, 5) is 37.2. The first-order chi connectivity index (χ1) is 16.9. The molecule has 3 aromatic rings. The van der Waals surface area contributed by atoms with Gasteiger partial charge in [-0.1, -0.05) is 6.07 Å². The van der Waals surface area contributed by atoms with Crippen molar-refractivity contribution >= 4 is 17.7 Å². The molecule has 3 atom stereocenters. The van der Waals surface area contributed by atoms with E-state index in [1.54, 1.807) is 17.2 Å². The molecule has 6 rings (SSSR count). The zero-order valence-electron chi connectivity index (χ0n) is 20.2. The third-order valence-electron chi connectivity index (χ3n) is 7.60. The number of hydrogen-bond donors (Lipinski definition) is 1. The number of aromatic nitrogens is 5. The number of carbonyl (C=O) groups is 2. The molecule has 0 bridgehead atoms. The lowest BCUT2D eigenvalue weighted by Crippen LogP contribution is -2.28. The van der Waals surface area contributed by atoms with Crippen molar-refractivity contribution in [3.63, 3.8) is 0 Å². The van der Waals surface area contributed by atoms with Crippen LogP contribution >= 0.6 is 0 Å². The first-order valence-electron chi connectivity index (χ1n) is 12.1. The molecule has 10 heteroatoms. The van der Waals surface area contributed by atoms with Gasteiger partial charge < -0.3 is 19.5 Å². The van der Waals surface area contributed by atoms with Crippen LogP contribution in [0.5, 0.6) is 0 Å². The summed E-state index contributed by atoms with van der Waals surface area (Å²) in [6.07, 6.45) is 6.34. The van der Waals surface area contributed by atoms with E-state index in [4.69, 9.17) is 9.72 Å². The van der Waals surface area contributed by atoms with Gasteiger partial charge in [0.2, 0.25) is 0 Å². The number of rotatable bonds is 6. The minimum absolute atomic E-state index is 0.00256. The van der Waals surface area contributed by atoms with Gasteiger partial charge in [-0.15, -0.1) is 0 Å². The van der Waals surface area contributed by atoms with Gasteiger partial charge in [0.25, 0.3) is 5.91 Å².